The highest BCUT2D eigenvalue weighted by Gasteiger charge is 2.55. The van der Waals surface area contributed by atoms with Crippen LogP contribution in [0.5, 0.6) is 0 Å². The number of hydrogen-bond donors (Lipinski definition) is 5. The van der Waals surface area contributed by atoms with Gasteiger partial charge < -0.3 is 63.8 Å². The van der Waals surface area contributed by atoms with Gasteiger partial charge in [0.2, 0.25) is 0 Å². The van der Waals surface area contributed by atoms with Crippen molar-refractivity contribution in [2.24, 2.45) is 23.7 Å². The molecule has 3 aromatic rings. The van der Waals surface area contributed by atoms with Crippen LogP contribution in [0.15, 0.2) is 49.2 Å². The summed E-state index contributed by atoms with van der Waals surface area (Å²) < 4.78 is 54.5. The topological polar surface area (TPSA) is 237 Å². The number of aliphatic hydroxyl groups is 5. The van der Waals surface area contributed by atoms with Gasteiger partial charge in [0.1, 0.15) is 55.2 Å². The Hall–Kier alpha value is -3.64. The van der Waals surface area contributed by atoms with Crippen LogP contribution >= 0.6 is 0 Å². The van der Waals surface area contributed by atoms with Crippen LogP contribution in [0.2, 0.25) is 0 Å². The highest BCUT2D eigenvalue weighted by Crippen LogP contribution is 2.45. The van der Waals surface area contributed by atoms with Gasteiger partial charge in [0.25, 0.3) is 0 Å². The van der Waals surface area contributed by atoms with Gasteiger partial charge in [-0.15, -0.1) is 5.10 Å². The number of alkyl halides is 1. The number of aliphatic hydroxyl groups excluding tert-OH is 3. The molecule has 3 aliphatic heterocycles. The summed E-state index contributed by atoms with van der Waals surface area (Å²) in [5.74, 6) is -3.26. The van der Waals surface area contributed by atoms with E-state index in [1.165, 1.54) is 32.2 Å². The predicted molar refractivity (Wildman–Crippen MR) is 278 cm³/mol. The smallest absolute Gasteiger partial charge is 0.309 e. The number of rotatable bonds is 15. The fourth-order valence-electron chi connectivity index (χ4n) is 12.4. The van der Waals surface area contributed by atoms with Crippen LogP contribution in [0.25, 0.3) is 11.1 Å². The molecule has 6 rings (SSSR count). The van der Waals surface area contributed by atoms with E-state index in [9.17, 15) is 34.7 Å². The van der Waals surface area contributed by atoms with Gasteiger partial charge in [-0.25, -0.2) is 19.0 Å². The van der Waals surface area contributed by atoms with Crippen LogP contribution in [-0.4, -0.2) is 198 Å². The number of benzene rings is 1. The standard InChI is InChI=1S/C55H88FN7O12/c1-15-44-55(10,69)48(65)35(6)62(12)28-31(2)23-53(8,68)50(33(4)45(34(5)51(67)74-44)43-24-54(9,71-14)49(66)36(7)73-43)75-52-46(64)41(22-32(3)72-52)61(11)21-20-40-29-63(60-59-40)42(25-56)47(70-13)38-18-16-37(17-19-38)39-26-57-30-58-27-39/h16-19,26-27,29-36,41-50,52,64-66,68-69H,15,20-25,28H2,1-14H3/t31-,32-,33+,34-,35-,36+,41+,42-,43?,44-,45+,46-,47-,48-,49+,50-,52+,53-,54-,55-/m1/s1. The Balaban J connectivity index is 1.26. The molecule has 1 unspecified atom stereocenters. The second-order valence-electron chi connectivity index (χ2n) is 22.8. The average Bonchev–Trinajstić information content (AvgIpc) is 3.85. The predicted octanol–water partition coefficient (Wildman–Crippen LogP) is 4.73. The van der Waals surface area contributed by atoms with Crippen molar-refractivity contribution in [3.8, 4) is 11.1 Å². The highest BCUT2D eigenvalue weighted by atomic mass is 19.1. The van der Waals surface area contributed by atoms with Crippen molar-refractivity contribution in [2.75, 3.05) is 48.1 Å². The van der Waals surface area contributed by atoms with Crippen LogP contribution in [0.1, 0.15) is 118 Å². The second-order valence-corrected chi connectivity index (χ2v) is 22.8. The molecule has 20 heteroatoms. The van der Waals surface area contributed by atoms with E-state index in [1.807, 2.05) is 68.9 Å². The van der Waals surface area contributed by atoms with Gasteiger partial charge in [0.15, 0.2) is 6.29 Å². The summed E-state index contributed by atoms with van der Waals surface area (Å²) in [6.07, 6.45) is -1.36. The monoisotopic (exact) mass is 1060 g/mol. The van der Waals surface area contributed by atoms with Gasteiger partial charge >= 0.3 is 5.97 Å². The van der Waals surface area contributed by atoms with E-state index in [4.69, 9.17) is 28.4 Å². The van der Waals surface area contributed by atoms with E-state index in [0.717, 1.165) is 16.7 Å². The lowest BCUT2D eigenvalue weighted by Gasteiger charge is -2.51. The molecule has 0 aliphatic carbocycles. The zero-order valence-electron chi connectivity index (χ0n) is 46.7. The van der Waals surface area contributed by atoms with Gasteiger partial charge in [0.05, 0.1) is 47.2 Å². The second kappa shape index (κ2) is 25.4. The molecule has 2 aromatic heterocycles. The van der Waals surface area contributed by atoms with Crippen LogP contribution in [0.3, 0.4) is 0 Å². The Morgan fingerprint density at radius 3 is 2.23 bits per heavy atom. The number of likely N-dealkylation sites (N-methyl/N-ethyl adjacent to an activating group) is 2. The molecule has 3 fully saturated rings. The first kappa shape index (κ1) is 60.6. The number of ether oxygens (including phenoxy) is 6. The van der Waals surface area contributed by atoms with E-state index in [1.54, 1.807) is 60.1 Å². The summed E-state index contributed by atoms with van der Waals surface area (Å²) in [5.41, 5.74) is -1.38. The van der Waals surface area contributed by atoms with Crippen molar-refractivity contribution >= 4 is 5.97 Å². The van der Waals surface area contributed by atoms with Crippen LogP contribution < -0.4 is 0 Å². The third-order valence-electron chi connectivity index (χ3n) is 17.0. The molecule has 3 aliphatic rings. The summed E-state index contributed by atoms with van der Waals surface area (Å²) in [7, 11) is 6.80. The minimum atomic E-state index is -1.83. The number of nitrogens with zero attached hydrogens (tertiary/aromatic N) is 7. The first-order valence-corrected chi connectivity index (χ1v) is 26.8. The SMILES string of the molecule is CC[C@H]1OC(=O)[C@H](C)[C@@H](C2C[C@@](C)(OC)[C@@H](O)[C@H](C)O2)[C@H](C)[C@@H](O[C@@H]2O[C@H](C)C[C@H](N(C)CCc3cn([C@H](CF)[C@H](OC)c4ccc(-c5cncnc5)cc4)nn3)[C@H]2O)[C@](C)(O)C[C@@H](C)CN(C)[C@H](C)[C@@H](O)[C@]1(C)O. The third-order valence-corrected chi connectivity index (χ3v) is 17.0. The van der Waals surface area contributed by atoms with Crippen LogP contribution in [0, 0.1) is 23.7 Å². The molecule has 422 valence electrons. The lowest BCUT2D eigenvalue weighted by Crippen LogP contribution is -2.62. The molecular weight excluding hydrogens is 970 g/mol. The van der Waals surface area contributed by atoms with Gasteiger partial charge in [-0.3, -0.25) is 4.79 Å². The normalized spacial score (nSPS) is 38.8. The minimum absolute atomic E-state index is 0.171. The molecule has 0 saturated carbocycles. The summed E-state index contributed by atoms with van der Waals surface area (Å²) in [4.78, 5) is 26.8. The van der Waals surface area contributed by atoms with Gasteiger partial charge in [0, 0.05) is 82.3 Å². The molecule has 0 spiro atoms. The third kappa shape index (κ3) is 13.6. The zero-order valence-corrected chi connectivity index (χ0v) is 46.7. The number of esters is 1. The Bertz CT molecular complexity index is 2250. The van der Waals surface area contributed by atoms with E-state index < -0.39 is 127 Å². The molecule has 3 saturated heterocycles. The van der Waals surface area contributed by atoms with Gasteiger partial charge in [-0.1, -0.05) is 57.2 Å². The van der Waals surface area contributed by atoms with E-state index in [2.05, 4.69) is 20.3 Å². The molecule has 1 aromatic carbocycles. The fourth-order valence-corrected chi connectivity index (χ4v) is 12.4. The van der Waals surface area contributed by atoms with Gasteiger partial charge in [-0.05, 0) is 97.9 Å². The van der Waals surface area contributed by atoms with Crippen molar-refractivity contribution in [1.29, 1.82) is 0 Å². The fraction of sp³-hybridized carbons (Fsp3) is 0.764. The number of carbonyl (C=O) groups is 1. The molecule has 5 heterocycles. The summed E-state index contributed by atoms with van der Waals surface area (Å²) in [6, 6.07) is 5.76. The Morgan fingerprint density at radius 1 is 0.947 bits per heavy atom. The maximum atomic E-state index is 14.9. The Labute approximate surface area is 443 Å². The van der Waals surface area contributed by atoms with E-state index in [0.29, 0.717) is 31.6 Å². The van der Waals surface area contributed by atoms with Crippen molar-refractivity contribution in [3.63, 3.8) is 0 Å². The molecular formula is C55H88FN7O12. The lowest BCUT2D eigenvalue weighted by atomic mass is 9.68. The van der Waals surface area contributed by atoms with Crippen molar-refractivity contribution in [3.05, 3.63) is 60.4 Å². The lowest BCUT2D eigenvalue weighted by molar-refractivity contribution is -0.302. The molecule has 0 radical (unpaired) electrons. The van der Waals surface area contributed by atoms with Crippen molar-refractivity contribution in [1.82, 2.24) is 34.8 Å². The maximum absolute atomic E-state index is 14.9. The summed E-state index contributed by atoms with van der Waals surface area (Å²) in [5, 5.41) is 69.0. The number of halogens is 1. The first-order chi connectivity index (χ1) is 35.3. The number of hydrogen-bond acceptors (Lipinski definition) is 18. The van der Waals surface area contributed by atoms with E-state index in [-0.39, 0.29) is 25.2 Å². The molecule has 5 N–H and O–H groups in total. The average molecular weight is 1060 g/mol. The molecule has 75 heavy (non-hydrogen) atoms. The van der Waals surface area contributed by atoms with Gasteiger partial charge in [-0.2, -0.15) is 0 Å². The zero-order chi connectivity index (χ0) is 55.3. The maximum Gasteiger partial charge on any atom is 0.309 e. The van der Waals surface area contributed by atoms with Crippen LogP contribution in [0.4, 0.5) is 4.39 Å². The quantitative estimate of drug-likeness (QED) is 0.129. The number of aromatic nitrogens is 5. The van der Waals surface area contributed by atoms with Crippen molar-refractivity contribution < 1.29 is 63.1 Å². The van der Waals surface area contributed by atoms with Crippen LogP contribution in [-0.2, 0) is 39.6 Å². The number of carbonyl (C=O) groups excluding carboxylic acids is 1. The first-order valence-electron chi connectivity index (χ1n) is 26.8. The highest BCUT2D eigenvalue weighted by molar-refractivity contribution is 5.73. The summed E-state index contributed by atoms with van der Waals surface area (Å²) >= 11 is 0. The number of methoxy groups -OCH3 is 2. The van der Waals surface area contributed by atoms with E-state index >= 15 is 0 Å². The molecule has 0 amide bonds. The molecule has 0 bridgehead atoms. The summed E-state index contributed by atoms with van der Waals surface area (Å²) in [6.45, 7) is 17.9. The largest absolute Gasteiger partial charge is 0.459 e. The molecule has 20 atom stereocenters. The molecule has 19 nitrogen and oxygen atoms in total. The Kier molecular flexibility index (Phi) is 20.5. The minimum Gasteiger partial charge on any atom is -0.459 e. The Morgan fingerprint density at radius 2 is 1.61 bits per heavy atom. The number of cyclic esters (lactones) is 1. The van der Waals surface area contributed by atoms with Crippen molar-refractivity contribution in [2.45, 2.75) is 197 Å².